The van der Waals surface area contributed by atoms with Crippen LogP contribution in [0.1, 0.15) is 49.2 Å². The van der Waals surface area contributed by atoms with E-state index in [9.17, 15) is 4.79 Å². The lowest BCUT2D eigenvalue weighted by Gasteiger charge is -2.38. The number of hydrogen-bond donors (Lipinski definition) is 1. The van der Waals surface area contributed by atoms with E-state index in [0.717, 1.165) is 29.7 Å². The van der Waals surface area contributed by atoms with Gasteiger partial charge < -0.3 is 15.1 Å². The molecule has 3 rings (SSSR count). The van der Waals surface area contributed by atoms with Crippen LogP contribution in [0.15, 0.2) is 34.7 Å². The van der Waals surface area contributed by atoms with Crippen LogP contribution >= 0.6 is 0 Å². The Hall–Kier alpha value is -2.23. The van der Waals surface area contributed by atoms with Crippen LogP contribution < -0.4 is 5.73 Å². The normalized spacial score (nSPS) is 21.4. The average molecular weight is 312 g/mol. The lowest BCUT2D eigenvalue weighted by atomic mass is 9.97. The third-order valence-electron chi connectivity index (χ3n) is 4.89. The van der Waals surface area contributed by atoms with Gasteiger partial charge in [-0.3, -0.25) is 4.79 Å². The topological polar surface area (TPSA) is 59.5 Å². The maximum absolute atomic E-state index is 12.8. The molecule has 0 radical (unpaired) electrons. The molecule has 1 saturated heterocycles. The minimum absolute atomic E-state index is 0.0162. The lowest BCUT2D eigenvalue weighted by Crippen LogP contribution is -2.47. The van der Waals surface area contributed by atoms with Gasteiger partial charge in [0.25, 0.3) is 5.91 Å². The van der Waals surface area contributed by atoms with Crippen LogP contribution in [-0.4, -0.2) is 22.9 Å². The Kier molecular flexibility index (Phi) is 4.16. The van der Waals surface area contributed by atoms with Gasteiger partial charge in [0.05, 0.1) is 0 Å². The maximum Gasteiger partial charge on any atom is 0.290 e. The molecule has 0 spiro atoms. The molecule has 1 aromatic carbocycles. The lowest BCUT2D eigenvalue weighted by molar-refractivity contribution is 0.0479. The highest BCUT2D eigenvalue weighted by molar-refractivity contribution is 5.92. The number of nitrogens with zero attached hydrogens (tertiary/aromatic N) is 1. The molecular weight excluding hydrogens is 288 g/mol. The van der Waals surface area contributed by atoms with Gasteiger partial charge in [-0.2, -0.15) is 0 Å². The molecule has 0 bridgehead atoms. The van der Waals surface area contributed by atoms with Crippen molar-refractivity contribution in [2.24, 2.45) is 0 Å². The Labute approximate surface area is 137 Å². The van der Waals surface area contributed by atoms with E-state index in [0.29, 0.717) is 11.5 Å². The van der Waals surface area contributed by atoms with E-state index in [2.05, 4.69) is 13.8 Å². The van der Waals surface area contributed by atoms with Crippen molar-refractivity contribution in [2.45, 2.75) is 52.1 Å². The zero-order valence-corrected chi connectivity index (χ0v) is 14.0. The predicted octanol–water partition coefficient (Wildman–Crippen LogP) is 4.24. The zero-order valence-electron chi connectivity index (χ0n) is 14.0. The van der Waals surface area contributed by atoms with Crippen LogP contribution in [0.5, 0.6) is 0 Å². The Morgan fingerprint density at radius 1 is 1.17 bits per heavy atom. The van der Waals surface area contributed by atoms with E-state index in [1.807, 2.05) is 36.1 Å². The SMILES string of the molecule is Cc1c(N)cccc1-c1ccc(C(=O)N2[C@H](C)CCC[C@@H]2C)o1. The van der Waals surface area contributed by atoms with E-state index in [-0.39, 0.29) is 18.0 Å². The smallest absolute Gasteiger partial charge is 0.290 e. The summed E-state index contributed by atoms with van der Waals surface area (Å²) in [6, 6.07) is 9.87. The molecule has 23 heavy (non-hydrogen) atoms. The van der Waals surface area contributed by atoms with Gasteiger partial charge in [-0.1, -0.05) is 12.1 Å². The first-order valence-electron chi connectivity index (χ1n) is 8.27. The molecule has 0 unspecified atom stereocenters. The number of carbonyl (C=O) groups excluding carboxylic acids is 1. The fourth-order valence-electron chi connectivity index (χ4n) is 3.47. The molecule has 4 heteroatoms. The van der Waals surface area contributed by atoms with E-state index in [4.69, 9.17) is 10.2 Å². The number of amides is 1. The molecule has 2 N–H and O–H groups in total. The van der Waals surface area contributed by atoms with Gasteiger partial charge in [0.15, 0.2) is 5.76 Å². The summed E-state index contributed by atoms with van der Waals surface area (Å²) in [6.07, 6.45) is 3.29. The number of furan rings is 1. The predicted molar refractivity (Wildman–Crippen MR) is 92.2 cm³/mol. The summed E-state index contributed by atoms with van der Waals surface area (Å²) in [7, 11) is 0. The Bertz CT molecular complexity index is 710. The summed E-state index contributed by atoms with van der Waals surface area (Å²) in [5, 5.41) is 0. The molecule has 2 aromatic rings. The summed E-state index contributed by atoms with van der Waals surface area (Å²) < 4.78 is 5.87. The van der Waals surface area contributed by atoms with Gasteiger partial charge in [-0.15, -0.1) is 0 Å². The Morgan fingerprint density at radius 2 is 1.87 bits per heavy atom. The number of likely N-dealkylation sites (tertiary alicyclic amines) is 1. The number of anilines is 1. The van der Waals surface area contributed by atoms with Crippen molar-refractivity contribution in [3.63, 3.8) is 0 Å². The molecule has 1 aromatic heterocycles. The average Bonchev–Trinajstić information content (AvgIpc) is 2.99. The van der Waals surface area contributed by atoms with Crippen LogP contribution in [0.4, 0.5) is 5.69 Å². The van der Waals surface area contributed by atoms with Crippen molar-refractivity contribution in [1.29, 1.82) is 0 Å². The Morgan fingerprint density at radius 3 is 2.57 bits per heavy atom. The molecule has 1 aliphatic heterocycles. The van der Waals surface area contributed by atoms with Crippen LogP contribution in [-0.2, 0) is 0 Å². The van der Waals surface area contributed by atoms with Crippen molar-refractivity contribution in [3.8, 4) is 11.3 Å². The van der Waals surface area contributed by atoms with Gasteiger partial charge in [0.1, 0.15) is 5.76 Å². The third-order valence-corrected chi connectivity index (χ3v) is 4.89. The molecule has 1 aliphatic rings. The molecule has 1 amide bonds. The van der Waals surface area contributed by atoms with Crippen molar-refractivity contribution in [2.75, 3.05) is 5.73 Å². The highest BCUT2D eigenvalue weighted by Gasteiger charge is 2.31. The monoisotopic (exact) mass is 312 g/mol. The number of benzene rings is 1. The minimum atomic E-state index is -0.0162. The van der Waals surface area contributed by atoms with Gasteiger partial charge in [0.2, 0.25) is 0 Å². The summed E-state index contributed by atoms with van der Waals surface area (Å²) in [5.41, 5.74) is 8.59. The second-order valence-corrected chi connectivity index (χ2v) is 6.53. The standard InChI is InChI=1S/C19H24N2O2/c1-12-6-4-7-13(2)21(12)19(22)18-11-10-17(23-18)15-8-5-9-16(20)14(15)3/h5,8-13H,4,6-7,20H2,1-3H3/t12-,13+. The first kappa shape index (κ1) is 15.7. The molecule has 4 nitrogen and oxygen atoms in total. The molecule has 2 atom stereocenters. The maximum atomic E-state index is 12.8. The number of nitrogen functional groups attached to an aromatic ring is 1. The number of hydrogen-bond acceptors (Lipinski definition) is 3. The molecule has 0 aliphatic carbocycles. The van der Waals surface area contributed by atoms with Crippen molar-refractivity contribution < 1.29 is 9.21 Å². The van der Waals surface area contributed by atoms with Crippen molar-refractivity contribution in [1.82, 2.24) is 4.90 Å². The van der Waals surface area contributed by atoms with Crippen LogP contribution in [0.3, 0.4) is 0 Å². The summed E-state index contributed by atoms with van der Waals surface area (Å²) in [5.74, 6) is 1.08. The fourth-order valence-corrected chi connectivity index (χ4v) is 3.47. The van der Waals surface area contributed by atoms with Gasteiger partial charge in [0, 0.05) is 23.3 Å². The van der Waals surface area contributed by atoms with E-state index < -0.39 is 0 Å². The quantitative estimate of drug-likeness (QED) is 0.844. The zero-order chi connectivity index (χ0) is 16.6. The van der Waals surface area contributed by atoms with Gasteiger partial charge >= 0.3 is 0 Å². The molecule has 2 heterocycles. The number of carbonyl (C=O) groups is 1. The Balaban J connectivity index is 1.89. The van der Waals surface area contributed by atoms with Gasteiger partial charge in [-0.05, 0) is 63.8 Å². The highest BCUT2D eigenvalue weighted by Crippen LogP contribution is 2.30. The fraction of sp³-hybridized carbons (Fsp3) is 0.421. The van der Waals surface area contributed by atoms with Crippen molar-refractivity contribution >= 4 is 11.6 Å². The van der Waals surface area contributed by atoms with E-state index in [1.54, 1.807) is 6.07 Å². The molecule has 1 fully saturated rings. The molecule has 0 saturated carbocycles. The molecular formula is C19H24N2O2. The van der Waals surface area contributed by atoms with Crippen LogP contribution in [0, 0.1) is 6.92 Å². The number of nitrogens with two attached hydrogens (primary N) is 1. The van der Waals surface area contributed by atoms with E-state index >= 15 is 0 Å². The molecule has 122 valence electrons. The highest BCUT2D eigenvalue weighted by atomic mass is 16.4. The number of piperidine rings is 1. The summed E-state index contributed by atoms with van der Waals surface area (Å²) >= 11 is 0. The first-order valence-corrected chi connectivity index (χ1v) is 8.27. The minimum Gasteiger partial charge on any atom is -0.451 e. The largest absolute Gasteiger partial charge is 0.451 e. The van der Waals surface area contributed by atoms with Gasteiger partial charge in [-0.25, -0.2) is 0 Å². The van der Waals surface area contributed by atoms with E-state index in [1.165, 1.54) is 6.42 Å². The summed E-state index contributed by atoms with van der Waals surface area (Å²) in [4.78, 5) is 14.8. The van der Waals surface area contributed by atoms with Crippen LogP contribution in [0.2, 0.25) is 0 Å². The van der Waals surface area contributed by atoms with Crippen LogP contribution in [0.25, 0.3) is 11.3 Å². The second kappa shape index (κ2) is 6.11. The van der Waals surface area contributed by atoms with Crippen molar-refractivity contribution in [3.05, 3.63) is 41.7 Å². The number of rotatable bonds is 2. The second-order valence-electron chi connectivity index (χ2n) is 6.53. The summed E-state index contributed by atoms with van der Waals surface area (Å²) in [6.45, 7) is 6.18. The third kappa shape index (κ3) is 2.85. The first-order chi connectivity index (χ1) is 11.0.